The topological polar surface area (TPSA) is 68.5 Å². The van der Waals surface area contributed by atoms with Crippen LogP contribution < -0.4 is 0 Å². The summed E-state index contributed by atoms with van der Waals surface area (Å²) in [6.45, 7) is 2.89. The van der Waals surface area contributed by atoms with E-state index in [0.717, 1.165) is 43.2 Å². The Morgan fingerprint density at radius 1 is 1.00 bits per heavy atom. The van der Waals surface area contributed by atoms with Crippen molar-refractivity contribution in [3.63, 3.8) is 0 Å². The molecule has 1 amide bonds. The molecule has 30 heavy (non-hydrogen) atoms. The molecule has 0 saturated heterocycles. The average Bonchev–Trinajstić information content (AvgIpc) is 3.25. The number of amides is 1. The molecule has 0 unspecified atom stereocenters. The molecule has 6 heteroatoms. The van der Waals surface area contributed by atoms with Gasteiger partial charge in [0.1, 0.15) is 6.61 Å². The largest absolute Gasteiger partial charge is 0.425 e. The average molecular weight is 408 g/mol. The Morgan fingerprint density at radius 3 is 2.37 bits per heavy atom. The molecule has 0 spiro atoms. The molecule has 3 aromatic rings. The number of rotatable bonds is 13. The van der Waals surface area contributed by atoms with E-state index in [1.807, 2.05) is 60.7 Å². The molecule has 0 N–H and O–H groups in total. The van der Waals surface area contributed by atoms with Gasteiger partial charge in [0.2, 0.25) is 18.2 Å². The van der Waals surface area contributed by atoms with E-state index in [2.05, 4.69) is 17.1 Å². The van der Waals surface area contributed by atoms with Gasteiger partial charge in [0.25, 0.3) is 0 Å². The minimum absolute atomic E-state index is 0.0606. The fraction of sp³-hybridized carbons (Fsp3) is 0.375. The van der Waals surface area contributed by atoms with E-state index in [9.17, 15) is 4.79 Å². The highest BCUT2D eigenvalue weighted by atomic mass is 16.7. The van der Waals surface area contributed by atoms with Crippen molar-refractivity contribution >= 4 is 6.41 Å². The summed E-state index contributed by atoms with van der Waals surface area (Å²) in [5.74, 6) is 1.08. The minimum Gasteiger partial charge on any atom is -0.425 e. The van der Waals surface area contributed by atoms with Gasteiger partial charge in [0.15, 0.2) is 0 Å². The lowest BCUT2D eigenvalue weighted by molar-refractivity contribution is -0.179. The normalized spacial score (nSPS) is 11.9. The third-order valence-electron chi connectivity index (χ3n) is 4.94. The van der Waals surface area contributed by atoms with Crippen LogP contribution in [0.2, 0.25) is 0 Å². The Balaban J connectivity index is 1.64. The van der Waals surface area contributed by atoms with Crippen LogP contribution in [0.1, 0.15) is 61.4 Å². The molecule has 0 aliphatic carbocycles. The summed E-state index contributed by atoms with van der Waals surface area (Å²) >= 11 is 0. The Labute approximate surface area is 177 Å². The Bertz CT molecular complexity index is 868. The fourth-order valence-electron chi connectivity index (χ4n) is 3.28. The summed E-state index contributed by atoms with van der Waals surface area (Å²) in [4.78, 5) is 17.3. The van der Waals surface area contributed by atoms with Crippen LogP contribution >= 0.6 is 0 Å². The van der Waals surface area contributed by atoms with E-state index < -0.39 is 0 Å². The zero-order valence-corrected chi connectivity index (χ0v) is 17.4. The van der Waals surface area contributed by atoms with Gasteiger partial charge in [-0.3, -0.25) is 9.63 Å². The second kappa shape index (κ2) is 11.9. The molecule has 0 saturated carbocycles. The summed E-state index contributed by atoms with van der Waals surface area (Å²) in [6.07, 6.45) is 5.45. The van der Waals surface area contributed by atoms with E-state index in [-0.39, 0.29) is 5.92 Å². The molecule has 1 aromatic heterocycles. The van der Waals surface area contributed by atoms with Crippen molar-refractivity contribution in [1.29, 1.82) is 0 Å². The summed E-state index contributed by atoms with van der Waals surface area (Å²) in [7, 11) is 0. The highest BCUT2D eigenvalue weighted by Crippen LogP contribution is 2.24. The van der Waals surface area contributed by atoms with Crippen molar-refractivity contribution < 1.29 is 14.0 Å². The molecule has 0 radical (unpaired) electrons. The molecular formula is C24H29N3O3. The van der Waals surface area contributed by atoms with Crippen LogP contribution in [0.15, 0.2) is 65.1 Å². The van der Waals surface area contributed by atoms with Crippen LogP contribution in [0.4, 0.5) is 0 Å². The first-order valence-corrected chi connectivity index (χ1v) is 10.5. The monoisotopic (exact) mass is 407 g/mol. The lowest BCUT2D eigenvalue weighted by atomic mass is 10.0. The Hall–Kier alpha value is -2.99. The highest BCUT2D eigenvalue weighted by Gasteiger charge is 2.22. The number of nitrogens with zero attached hydrogens (tertiary/aromatic N) is 3. The summed E-state index contributed by atoms with van der Waals surface area (Å²) in [5, 5.41) is 9.84. The quantitative estimate of drug-likeness (QED) is 0.229. The minimum atomic E-state index is -0.0606. The standard InChI is InChI=1S/C24H29N3O3/c1-2-3-6-15-22(17-27(19-28)29-18-21-13-9-5-10-14-21)24-26-25-23(30-24)16-20-11-7-4-8-12-20/h4-5,7-14,19,22H,2-3,6,15-18H2,1H3/t22-/m1/s1. The number of carbonyl (C=O) groups is 1. The molecule has 2 aromatic carbocycles. The first kappa shape index (κ1) is 21.7. The first-order valence-electron chi connectivity index (χ1n) is 10.5. The zero-order valence-electron chi connectivity index (χ0n) is 17.4. The number of carbonyl (C=O) groups excluding carboxylic acids is 1. The SMILES string of the molecule is CCCCC[C@H](CN(C=O)OCc1ccccc1)c1nnc(Cc2ccccc2)o1. The van der Waals surface area contributed by atoms with Crippen molar-refractivity contribution in [3.8, 4) is 0 Å². The molecule has 0 aliphatic heterocycles. The molecule has 1 heterocycles. The van der Waals surface area contributed by atoms with Gasteiger partial charge in [-0.15, -0.1) is 10.2 Å². The van der Waals surface area contributed by atoms with Crippen LogP contribution in [0.5, 0.6) is 0 Å². The number of unbranched alkanes of at least 4 members (excludes halogenated alkanes) is 2. The van der Waals surface area contributed by atoms with Crippen molar-refractivity contribution in [2.75, 3.05) is 6.54 Å². The van der Waals surface area contributed by atoms with Crippen LogP contribution in [0.3, 0.4) is 0 Å². The Kier molecular flexibility index (Phi) is 8.60. The molecule has 3 rings (SSSR count). The van der Waals surface area contributed by atoms with Gasteiger partial charge < -0.3 is 4.42 Å². The van der Waals surface area contributed by atoms with E-state index in [4.69, 9.17) is 9.25 Å². The predicted molar refractivity (Wildman–Crippen MR) is 114 cm³/mol. The van der Waals surface area contributed by atoms with Crippen molar-refractivity contribution in [2.24, 2.45) is 0 Å². The van der Waals surface area contributed by atoms with Gasteiger partial charge in [0.05, 0.1) is 18.9 Å². The maximum Gasteiger partial charge on any atom is 0.233 e. The van der Waals surface area contributed by atoms with E-state index in [1.54, 1.807) is 0 Å². The number of hydrogen-bond acceptors (Lipinski definition) is 5. The number of benzene rings is 2. The van der Waals surface area contributed by atoms with Crippen LogP contribution in [0, 0.1) is 0 Å². The van der Waals surface area contributed by atoms with Gasteiger partial charge in [-0.1, -0.05) is 86.8 Å². The van der Waals surface area contributed by atoms with Crippen molar-refractivity contribution in [3.05, 3.63) is 83.6 Å². The lowest BCUT2D eigenvalue weighted by Crippen LogP contribution is -2.28. The third kappa shape index (κ3) is 6.81. The molecule has 0 aliphatic rings. The maximum atomic E-state index is 11.6. The van der Waals surface area contributed by atoms with Crippen molar-refractivity contribution in [2.45, 2.75) is 51.6 Å². The first-order chi connectivity index (χ1) is 14.8. The van der Waals surface area contributed by atoms with Gasteiger partial charge in [-0.05, 0) is 17.5 Å². The maximum absolute atomic E-state index is 11.6. The summed E-state index contributed by atoms with van der Waals surface area (Å²) in [5.41, 5.74) is 2.13. The van der Waals surface area contributed by atoms with E-state index >= 15 is 0 Å². The van der Waals surface area contributed by atoms with Crippen LogP contribution in [-0.4, -0.2) is 28.2 Å². The molecule has 1 atom stereocenters. The van der Waals surface area contributed by atoms with E-state index in [1.165, 1.54) is 5.06 Å². The number of hydrogen-bond donors (Lipinski definition) is 0. The second-order valence-electron chi connectivity index (χ2n) is 7.35. The van der Waals surface area contributed by atoms with Gasteiger partial charge in [0, 0.05) is 0 Å². The molecule has 158 valence electrons. The molecule has 6 nitrogen and oxygen atoms in total. The highest BCUT2D eigenvalue weighted by molar-refractivity contribution is 5.45. The van der Waals surface area contributed by atoms with Crippen LogP contribution in [-0.2, 0) is 22.7 Å². The van der Waals surface area contributed by atoms with Gasteiger partial charge in [-0.2, -0.15) is 0 Å². The molecule has 0 bridgehead atoms. The molecular weight excluding hydrogens is 378 g/mol. The third-order valence-corrected chi connectivity index (χ3v) is 4.94. The van der Waals surface area contributed by atoms with Crippen LogP contribution in [0.25, 0.3) is 0 Å². The smallest absolute Gasteiger partial charge is 0.233 e. The van der Waals surface area contributed by atoms with E-state index in [0.29, 0.717) is 31.4 Å². The zero-order chi connectivity index (χ0) is 21.0. The Morgan fingerprint density at radius 2 is 1.70 bits per heavy atom. The summed E-state index contributed by atoms with van der Waals surface area (Å²) < 4.78 is 5.97. The predicted octanol–water partition coefficient (Wildman–Crippen LogP) is 4.91. The van der Waals surface area contributed by atoms with Gasteiger partial charge in [-0.25, -0.2) is 5.06 Å². The lowest BCUT2D eigenvalue weighted by Gasteiger charge is -2.21. The van der Waals surface area contributed by atoms with Gasteiger partial charge >= 0.3 is 0 Å². The van der Waals surface area contributed by atoms with Crippen molar-refractivity contribution in [1.82, 2.24) is 15.3 Å². The molecule has 0 fully saturated rings. The fourth-order valence-corrected chi connectivity index (χ4v) is 3.28. The number of aromatic nitrogens is 2. The summed E-state index contributed by atoms with van der Waals surface area (Å²) in [6, 6.07) is 19.8. The second-order valence-corrected chi connectivity index (χ2v) is 7.35. The number of hydroxylamine groups is 2.